The Labute approximate surface area is 93.2 Å². The van der Waals surface area contributed by atoms with Crippen LogP contribution < -0.4 is 11.5 Å². The Morgan fingerprint density at radius 1 is 1.00 bits per heavy atom. The van der Waals surface area contributed by atoms with Gasteiger partial charge in [0, 0.05) is 12.1 Å². The van der Waals surface area contributed by atoms with Crippen molar-refractivity contribution >= 4 is 0 Å². The van der Waals surface area contributed by atoms with Crippen LogP contribution in [0.3, 0.4) is 0 Å². The number of hydrogen-bond donors (Lipinski definition) is 2. The highest BCUT2D eigenvalue weighted by molar-refractivity contribution is 5.00. The van der Waals surface area contributed by atoms with Crippen LogP contribution in [0.1, 0.15) is 40.5 Å². The maximum atomic E-state index is 5.66. The van der Waals surface area contributed by atoms with Gasteiger partial charge in [-0.3, -0.25) is 0 Å². The van der Waals surface area contributed by atoms with Crippen molar-refractivity contribution in [3.05, 3.63) is 23.7 Å². The molecule has 15 heavy (non-hydrogen) atoms. The molecule has 0 spiro atoms. The first kappa shape index (κ1) is 14.2. The summed E-state index contributed by atoms with van der Waals surface area (Å²) in [6.45, 7) is 7.99. The van der Waals surface area contributed by atoms with Crippen LogP contribution in [0.2, 0.25) is 0 Å². The second kappa shape index (κ2) is 7.49. The van der Waals surface area contributed by atoms with E-state index in [2.05, 4.69) is 0 Å². The van der Waals surface area contributed by atoms with E-state index >= 15 is 0 Å². The van der Waals surface area contributed by atoms with Crippen LogP contribution in [0.25, 0.3) is 0 Å². The van der Waals surface area contributed by atoms with Crippen LogP contribution in [-0.2, 0) is 4.74 Å². The lowest BCUT2D eigenvalue weighted by Crippen LogP contribution is -2.14. The minimum atomic E-state index is 0.180. The highest BCUT2D eigenvalue weighted by atomic mass is 16.5. The maximum absolute atomic E-state index is 5.66. The fourth-order valence-corrected chi connectivity index (χ4v) is 1.38. The average Bonchev–Trinajstić information content (AvgIpc) is 2.00. The third-order valence-corrected chi connectivity index (χ3v) is 1.83. The van der Waals surface area contributed by atoms with Crippen molar-refractivity contribution in [3.63, 3.8) is 0 Å². The van der Waals surface area contributed by atoms with Gasteiger partial charge in [-0.1, -0.05) is 0 Å². The van der Waals surface area contributed by atoms with Crippen molar-refractivity contribution in [2.24, 2.45) is 11.5 Å². The lowest BCUT2D eigenvalue weighted by molar-refractivity contribution is 0.387. The first-order chi connectivity index (χ1) is 6.91. The summed E-state index contributed by atoms with van der Waals surface area (Å²) in [5.41, 5.74) is 13.6. The fraction of sp³-hybridized carbons (Fsp3) is 0.667. The zero-order valence-corrected chi connectivity index (χ0v) is 10.3. The van der Waals surface area contributed by atoms with E-state index in [9.17, 15) is 0 Å². The van der Waals surface area contributed by atoms with E-state index in [1.807, 2.05) is 27.7 Å². The zero-order valence-electron chi connectivity index (χ0n) is 10.3. The Balaban J connectivity index is 3.94. The van der Waals surface area contributed by atoms with Crippen molar-refractivity contribution < 1.29 is 4.74 Å². The zero-order chi connectivity index (χ0) is 11.8. The Bertz CT molecular complexity index is 206. The van der Waals surface area contributed by atoms with Gasteiger partial charge in [0.1, 0.15) is 0 Å². The van der Waals surface area contributed by atoms with Crippen LogP contribution in [0, 0.1) is 0 Å². The molecule has 0 aliphatic rings. The van der Waals surface area contributed by atoms with E-state index in [0.717, 1.165) is 24.0 Å². The molecular weight excluding hydrogens is 188 g/mol. The Hall–Kier alpha value is -0.800. The van der Waals surface area contributed by atoms with Crippen LogP contribution in [0.15, 0.2) is 23.7 Å². The van der Waals surface area contributed by atoms with Crippen LogP contribution in [0.4, 0.5) is 0 Å². The van der Waals surface area contributed by atoms with Crippen molar-refractivity contribution in [3.8, 4) is 0 Å². The molecule has 0 aromatic heterocycles. The average molecular weight is 212 g/mol. The molecule has 3 heteroatoms. The first-order valence-electron chi connectivity index (χ1n) is 5.39. The number of rotatable bonds is 6. The maximum Gasteiger partial charge on any atom is 0.0891 e. The minimum absolute atomic E-state index is 0.180. The van der Waals surface area contributed by atoms with Gasteiger partial charge in [-0.05, 0) is 51.7 Å². The van der Waals surface area contributed by atoms with Crippen molar-refractivity contribution in [2.75, 3.05) is 0 Å². The summed E-state index contributed by atoms with van der Waals surface area (Å²) in [6, 6.07) is 0.359. The molecule has 4 N–H and O–H groups in total. The van der Waals surface area contributed by atoms with E-state index in [1.54, 1.807) is 12.5 Å². The highest BCUT2D eigenvalue weighted by Crippen LogP contribution is 2.06. The molecule has 0 fully saturated rings. The summed E-state index contributed by atoms with van der Waals surface area (Å²) in [4.78, 5) is 0. The number of ether oxygens (including phenoxy) is 1. The molecule has 88 valence electrons. The number of nitrogens with two attached hydrogens (primary N) is 2. The quantitative estimate of drug-likeness (QED) is 0.664. The summed E-state index contributed by atoms with van der Waals surface area (Å²) in [6.07, 6.45) is 5.21. The summed E-state index contributed by atoms with van der Waals surface area (Å²) in [7, 11) is 0. The third kappa shape index (κ3) is 9.50. The number of hydrogen-bond acceptors (Lipinski definition) is 3. The van der Waals surface area contributed by atoms with Crippen molar-refractivity contribution in [1.29, 1.82) is 0 Å². The Morgan fingerprint density at radius 2 is 1.33 bits per heavy atom. The molecule has 0 aliphatic heterocycles. The second-order valence-corrected chi connectivity index (χ2v) is 4.43. The molecule has 0 bridgehead atoms. The van der Waals surface area contributed by atoms with Gasteiger partial charge >= 0.3 is 0 Å². The van der Waals surface area contributed by atoms with Gasteiger partial charge in [0.2, 0.25) is 0 Å². The molecule has 3 nitrogen and oxygen atoms in total. The molecule has 0 heterocycles. The monoisotopic (exact) mass is 212 g/mol. The molecule has 0 radical (unpaired) electrons. The van der Waals surface area contributed by atoms with Crippen molar-refractivity contribution in [2.45, 2.75) is 52.6 Å². The predicted molar refractivity (Wildman–Crippen MR) is 65.1 cm³/mol. The molecule has 0 aliphatic carbocycles. The minimum Gasteiger partial charge on any atom is -0.473 e. The molecule has 0 aromatic rings. The molecule has 0 saturated carbocycles. The fourth-order valence-electron chi connectivity index (χ4n) is 1.38. The van der Waals surface area contributed by atoms with Gasteiger partial charge < -0.3 is 16.2 Å². The molecule has 0 saturated heterocycles. The SMILES string of the molecule is CC(=COC=C(C)CC(C)N)CC(C)N. The van der Waals surface area contributed by atoms with E-state index in [0.29, 0.717) is 0 Å². The molecule has 0 aromatic carbocycles. The van der Waals surface area contributed by atoms with Gasteiger partial charge in [-0.2, -0.15) is 0 Å². The predicted octanol–water partition coefficient (Wildman–Crippen LogP) is 2.29. The van der Waals surface area contributed by atoms with Gasteiger partial charge in [0.25, 0.3) is 0 Å². The molecule has 0 rings (SSSR count). The van der Waals surface area contributed by atoms with Gasteiger partial charge in [-0.25, -0.2) is 0 Å². The van der Waals surface area contributed by atoms with E-state index in [1.165, 1.54) is 0 Å². The third-order valence-electron chi connectivity index (χ3n) is 1.83. The standard InChI is InChI=1S/C12H24N2O/c1-9(5-11(3)13)7-15-8-10(2)6-12(4)14/h7-8,11-12H,5-6,13-14H2,1-4H3. The van der Waals surface area contributed by atoms with Crippen molar-refractivity contribution in [1.82, 2.24) is 0 Å². The molecular formula is C12H24N2O. The lowest BCUT2D eigenvalue weighted by atomic mass is 10.1. The highest BCUT2D eigenvalue weighted by Gasteiger charge is 1.97. The Morgan fingerprint density at radius 3 is 1.60 bits per heavy atom. The Kier molecular flexibility index (Phi) is 7.09. The summed E-state index contributed by atoms with van der Waals surface area (Å²) >= 11 is 0. The van der Waals surface area contributed by atoms with Crippen LogP contribution >= 0.6 is 0 Å². The molecule has 2 unspecified atom stereocenters. The normalized spacial score (nSPS) is 17.5. The summed E-state index contributed by atoms with van der Waals surface area (Å²) in [5, 5.41) is 0. The summed E-state index contributed by atoms with van der Waals surface area (Å²) < 4.78 is 5.32. The van der Waals surface area contributed by atoms with Gasteiger partial charge in [0.15, 0.2) is 0 Å². The largest absolute Gasteiger partial charge is 0.473 e. The van der Waals surface area contributed by atoms with E-state index < -0.39 is 0 Å². The topological polar surface area (TPSA) is 61.3 Å². The van der Waals surface area contributed by atoms with Gasteiger partial charge in [0.05, 0.1) is 12.5 Å². The van der Waals surface area contributed by atoms with E-state index in [4.69, 9.17) is 16.2 Å². The van der Waals surface area contributed by atoms with Crippen LogP contribution in [-0.4, -0.2) is 12.1 Å². The smallest absolute Gasteiger partial charge is 0.0891 e. The molecule has 0 amide bonds. The van der Waals surface area contributed by atoms with Gasteiger partial charge in [-0.15, -0.1) is 0 Å². The second-order valence-electron chi connectivity index (χ2n) is 4.43. The molecule has 2 atom stereocenters. The first-order valence-corrected chi connectivity index (χ1v) is 5.39. The van der Waals surface area contributed by atoms with E-state index in [-0.39, 0.29) is 12.1 Å². The summed E-state index contributed by atoms with van der Waals surface area (Å²) in [5.74, 6) is 0. The van der Waals surface area contributed by atoms with Crippen LogP contribution in [0.5, 0.6) is 0 Å². The lowest BCUT2D eigenvalue weighted by Gasteiger charge is -2.06.